The second kappa shape index (κ2) is 5.12. The average molecular weight is 212 g/mol. The Morgan fingerprint density at radius 1 is 1.07 bits per heavy atom. The molecule has 0 saturated carbocycles. The molecule has 84 valence electrons. The lowest BCUT2D eigenvalue weighted by molar-refractivity contribution is -0.0163. The highest BCUT2D eigenvalue weighted by Gasteiger charge is 2.09. The first-order valence-electron chi connectivity index (χ1n) is 5.00. The molecule has 0 atom stereocenters. The number of ether oxygens (including phenoxy) is 2. The maximum absolute atomic E-state index is 12.6. The molecule has 0 radical (unpaired) electrons. The fourth-order valence-electron chi connectivity index (χ4n) is 1.04. The van der Waals surface area contributed by atoms with E-state index in [2.05, 4.69) is 0 Å². The summed E-state index contributed by atoms with van der Waals surface area (Å²) in [6, 6.07) is 5.96. The molecule has 0 aromatic heterocycles. The third-order valence-corrected chi connectivity index (χ3v) is 1.70. The molecule has 1 aromatic rings. The van der Waals surface area contributed by atoms with E-state index in [1.165, 1.54) is 12.1 Å². The Hall–Kier alpha value is -1.09. The molecular weight excluding hydrogens is 195 g/mol. The highest BCUT2D eigenvalue weighted by Crippen LogP contribution is 2.11. The van der Waals surface area contributed by atoms with Crippen molar-refractivity contribution in [2.75, 3.05) is 13.2 Å². The van der Waals surface area contributed by atoms with Crippen LogP contribution in [0, 0.1) is 5.82 Å². The first-order chi connectivity index (χ1) is 6.97. The van der Waals surface area contributed by atoms with Crippen LogP contribution in [0.4, 0.5) is 4.39 Å². The summed E-state index contributed by atoms with van der Waals surface area (Å²) in [4.78, 5) is 0. The van der Waals surface area contributed by atoms with Crippen LogP contribution >= 0.6 is 0 Å². The maximum Gasteiger partial charge on any atom is 0.123 e. The second-order valence-electron chi connectivity index (χ2n) is 4.26. The van der Waals surface area contributed by atoms with Crippen LogP contribution in [0.3, 0.4) is 0 Å². The Balaban J connectivity index is 2.23. The maximum atomic E-state index is 12.6. The van der Waals surface area contributed by atoms with E-state index in [4.69, 9.17) is 9.47 Å². The minimum atomic E-state index is -0.256. The topological polar surface area (TPSA) is 18.5 Å². The van der Waals surface area contributed by atoms with E-state index in [1.54, 1.807) is 12.1 Å². The molecule has 1 rings (SSSR count). The van der Waals surface area contributed by atoms with Crippen molar-refractivity contribution < 1.29 is 13.9 Å². The van der Waals surface area contributed by atoms with Crippen molar-refractivity contribution in [1.29, 1.82) is 0 Å². The Labute approximate surface area is 90.0 Å². The first-order valence-corrected chi connectivity index (χ1v) is 5.00. The smallest absolute Gasteiger partial charge is 0.123 e. The summed E-state index contributed by atoms with van der Waals surface area (Å²) in [7, 11) is 0. The molecule has 0 heterocycles. The number of hydrogen-bond donors (Lipinski definition) is 0. The zero-order chi connectivity index (χ0) is 11.3. The van der Waals surface area contributed by atoms with Gasteiger partial charge in [0, 0.05) is 0 Å². The van der Waals surface area contributed by atoms with Crippen molar-refractivity contribution in [3.8, 4) is 5.75 Å². The molecule has 0 N–H and O–H groups in total. The minimum Gasteiger partial charge on any atom is -0.491 e. The monoisotopic (exact) mass is 212 g/mol. The molecule has 0 unspecified atom stereocenters. The third kappa shape index (κ3) is 5.37. The van der Waals surface area contributed by atoms with Gasteiger partial charge in [0.25, 0.3) is 0 Å². The van der Waals surface area contributed by atoms with Gasteiger partial charge in [0.15, 0.2) is 0 Å². The van der Waals surface area contributed by atoms with Crippen molar-refractivity contribution >= 4 is 0 Å². The Morgan fingerprint density at radius 3 is 2.20 bits per heavy atom. The lowest BCUT2D eigenvalue weighted by atomic mass is 10.2. The van der Waals surface area contributed by atoms with Gasteiger partial charge in [-0.05, 0) is 45.0 Å². The summed E-state index contributed by atoms with van der Waals surface area (Å²) in [5.41, 5.74) is -0.147. The van der Waals surface area contributed by atoms with Gasteiger partial charge >= 0.3 is 0 Å². The lowest BCUT2D eigenvalue weighted by Gasteiger charge is -2.19. The van der Waals surface area contributed by atoms with Crippen LogP contribution in [0.1, 0.15) is 20.8 Å². The van der Waals surface area contributed by atoms with Crippen LogP contribution in [-0.4, -0.2) is 18.8 Å². The molecule has 0 aliphatic heterocycles. The normalized spacial score (nSPS) is 11.5. The van der Waals surface area contributed by atoms with Gasteiger partial charge in [-0.2, -0.15) is 0 Å². The van der Waals surface area contributed by atoms with Gasteiger partial charge in [0.1, 0.15) is 18.2 Å². The summed E-state index contributed by atoms with van der Waals surface area (Å²) in [5, 5.41) is 0. The molecular formula is C12H17FO2. The van der Waals surface area contributed by atoms with Gasteiger partial charge in [-0.3, -0.25) is 0 Å². The van der Waals surface area contributed by atoms with Crippen LogP contribution in [0.2, 0.25) is 0 Å². The zero-order valence-electron chi connectivity index (χ0n) is 9.42. The van der Waals surface area contributed by atoms with Crippen molar-refractivity contribution in [3.05, 3.63) is 30.1 Å². The number of hydrogen-bond acceptors (Lipinski definition) is 2. The molecule has 0 aliphatic rings. The standard InChI is InChI=1S/C12H17FO2/c1-12(2,3)15-9-8-14-11-6-4-10(13)5-7-11/h4-7H,8-9H2,1-3H3. The van der Waals surface area contributed by atoms with Crippen molar-refractivity contribution in [2.24, 2.45) is 0 Å². The molecule has 0 amide bonds. The fourth-order valence-corrected chi connectivity index (χ4v) is 1.04. The number of benzene rings is 1. The van der Waals surface area contributed by atoms with Crippen LogP contribution in [-0.2, 0) is 4.74 Å². The molecule has 0 aliphatic carbocycles. The van der Waals surface area contributed by atoms with Crippen LogP contribution in [0.5, 0.6) is 5.75 Å². The predicted molar refractivity (Wildman–Crippen MR) is 57.6 cm³/mol. The lowest BCUT2D eigenvalue weighted by Crippen LogP contribution is -2.22. The van der Waals surface area contributed by atoms with Crippen LogP contribution < -0.4 is 4.74 Å². The van der Waals surface area contributed by atoms with E-state index in [1.807, 2.05) is 20.8 Å². The van der Waals surface area contributed by atoms with Crippen LogP contribution in [0.15, 0.2) is 24.3 Å². The van der Waals surface area contributed by atoms with Crippen molar-refractivity contribution in [2.45, 2.75) is 26.4 Å². The fraction of sp³-hybridized carbons (Fsp3) is 0.500. The van der Waals surface area contributed by atoms with E-state index in [0.717, 1.165) is 0 Å². The largest absolute Gasteiger partial charge is 0.491 e. The van der Waals surface area contributed by atoms with E-state index in [9.17, 15) is 4.39 Å². The van der Waals surface area contributed by atoms with Gasteiger partial charge in [-0.15, -0.1) is 0 Å². The summed E-state index contributed by atoms with van der Waals surface area (Å²) in [6.45, 7) is 6.98. The van der Waals surface area contributed by atoms with Gasteiger partial charge in [0.05, 0.1) is 12.2 Å². The molecule has 0 bridgehead atoms. The molecule has 2 nitrogen and oxygen atoms in total. The number of halogens is 1. The first kappa shape index (κ1) is 12.0. The SMILES string of the molecule is CC(C)(C)OCCOc1ccc(F)cc1. The Kier molecular flexibility index (Phi) is 4.09. The molecule has 1 aromatic carbocycles. The Bertz CT molecular complexity index is 287. The van der Waals surface area contributed by atoms with Gasteiger partial charge in [-0.1, -0.05) is 0 Å². The van der Waals surface area contributed by atoms with E-state index in [0.29, 0.717) is 19.0 Å². The van der Waals surface area contributed by atoms with E-state index >= 15 is 0 Å². The number of rotatable bonds is 4. The predicted octanol–water partition coefficient (Wildman–Crippen LogP) is 3.02. The average Bonchev–Trinajstić information content (AvgIpc) is 2.14. The summed E-state index contributed by atoms with van der Waals surface area (Å²) >= 11 is 0. The van der Waals surface area contributed by atoms with Crippen molar-refractivity contribution in [3.63, 3.8) is 0 Å². The van der Waals surface area contributed by atoms with E-state index < -0.39 is 0 Å². The molecule has 3 heteroatoms. The Morgan fingerprint density at radius 2 is 1.67 bits per heavy atom. The molecule has 0 saturated heterocycles. The van der Waals surface area contributed by atoms with Crippen LogP contribution in [0.25, 0.3) is 0 Å². The highest BCUT2D eigenvalue weighted by atomic mass is 19.1. The second-order valence-corrected chi connectivity index (χ2v) is 4.26. The van der Waals surface area contributed by atoms with Gasteiger partial charge in [0.2, 0.25) is 0 Å². The van der Waals surface area contributed by atoms with Gasteiger partial charge in [-0.25, -0.2) is 4.39 Å². The summed E-state index contributed by atoms with van der Waals surface area (Å²) < 4.78 is 23.4. The zero-order valence-corrected chi connectivity index (χ0v) is 9.42. The summed E-state index contributed by atoms with van der Waals surface area (Å²) in [6.07, 6.45) is 0. The van der Waals surface area contributed by atoms with Crippen molar-refractivity contribution in [1.82, 2.24) is 0 Å². The molecule has 0 fully saturated rings. The minimum absolute atomic E-state index is 0.147. The molecule has 0 spiro atoms. The highest BCUT2D eigenvalue weighted by molar-refractivity contribution is 5.21. The summed E-state index contributed by atoms with van der Waals surface area (Å²) in [5.74, 6) is 0.405. The van der Waals surface area contributed by atoms with E-state index in [-0.39, 0.29) is 11.4 Å². The third-order valence-electron chi connectivity index (χ3n) is 1.70. The molecule has 15 heavy (non-hydrogen) atoms. The van der Waals surface area contributed by atoms with Gasteiger partial charge < -0.3 is 9.47 Å². The quantitative estimate of drug-likeness (QED) is 0.714.